The van der Waals surface area contributed by atoms with Gasteiger partial charge in [0.25, 0.3) is 5.91 Å². The van der Waals surface area contributed by atoms with E-state index in [1.807, 2.05) is 12.3 Å². The van der Waals surface area contributed by atoms with Gasteiger partial charge in [0.05, 0.1) is 34.7 Å². The average Bonchev–Trinajstić information content (AvgIpc) is 3.70. The lowest BCUT2D eigenvalue weighted by molar-refractivity contribution is -0.184. The van der Waals surface area contributed by atoms with Crippen LogP contribution in [-0.4, -0.2) is 47.7 Å². The van der Waals surface area contributed by atoms with Crippen molar-refractivity contribution in [2.45, 2.75) is 75.0 Å². The zero-order valence-corrected chi connectivity index (χ0v) is 23.1. The van der Waals surface area contributed by atoms with E-state index in [-0.39, 0.29) is 41.9 Å². The fourth-order valence-electron chi connectivity index (χ4n) is 5.64. The van der Waals surface area contributed by atoms with Crippen molar-refractivity contribution in [3.05, 3.63) is 59.3 Å². The van der Waals surface area contributed by atoms with Gasteiger partial charge in [-0.05, 0) is 85.8 Å². The molecule has 1 amide bonds. The number of nitrogens with zero attached hydrogens (tertiary/aromatic N) is 2. The quantitative estimate of drug-likeness (QED) is 0.348. The first-order chi connectivity index (χ1) is 19.0. The molecule has 2 saturated carbocycles. The molecule has 216 valence electrons. The SMILES string of the molecule is CCS(=O)(=O)c1ccc([C@H](CO)NC(=O)c2cc(C3CC3)c3cn(CC4CCC(C(F)(F)F)CC4)nc3c2)cc1. The summed E-state index contributed by atoms with van der Waals surface area (Å²) >= 11 is 0. The number of carbonyl (C=O) groups excluding carboxylic acids is 1. The molecule has 7 nitrogen and oxygen atoms in total. The van der Waals surface area contributed by atoms with Gasteiger partial charge in [-0.1, -0.05) is 19.1 Å². The van der Waals surface area contributed by atoms with Crippen LogP contribution in [0.1, 0.15) is 78.9 Å². The Labute approximate surface area is 231 Å². The molecule has 2 fully saturated rings. The summed E-state index contributed by atoms with van der Waals surface area (Å²) in [6.07, 6.45) is 1.16. The maximum atomic E-state index is 13.3. The minimum absolute atomic E-state index is 0.0206. The minimum atomic E-state index is -4.13. The first kappa shape index (κ1) is 28.6. The Morgan fingerprint density at radius 1 is 1.10 bits per heavy atom. The van der Waals surface area contributed by atoms with E-state index in [4.69, 9.17) is 5.10 Å². The third-order valence-corrected chi connectivity index (χ3v) is 10.00. The van der Waals surface area contributed by atoms with Crippen molar-refractivity contribution in [2.24, 2.45) is 11.8 Å². The number of aliphatic hydroxyl groups is 1. The molecule has 0 radical (unpaired) electrons. The summed E-state index contributed by atoms with van der Waals surface area (Å²) in [6.45, 7) is 1.74. The molecule has 0 aliphatic heterocycles. The second-order valence-electron chi connectivity index (χ2n) is 11.1. The van der Waals surface area contributed by atoms with Crippen molar-refractivity contribution >= 4 is 26.6 Å². The summed E-state index contributed by atoms with van der Waals surface area (Å²) in [4.78, 5) is 13.5. The highest BCUT2D eigenvalue weighted by Gasteiger charge is 2.41. The number of hydrogen-bond donors (Lipinski definition) is 2. The highest BCUT2D eigenvalue weighted by Crippen LogP contribution is 2.44. The van der Waals surface area contributed by atoms with Crippen molar-refractivity contribution in [3.8, 4) is 0 Å². The fourth-order valence-corrected chi connectivity index (χ4v) is 6.53. The zero-order valence-electron chi connectivity index (χ0n) is 22.3. The first-order valence-electron chi connectivity index (χ1n) is 13.8. The number of hydrogen-bond acceptors (Lipinski definition) is 5. The van der Waals surface area contributed by atoms with Crippen LogP contribution in [0.4, 0.5) is 13.2 Å². The van der Waals surface area contributed by atoms with E-state index in [2.05, 4.69) is 5.32 Å². The maximum absolute atomic E-state index is 13.3. The number of sulfone groups is 1. The lowest BCUT2D eigenvalue weighted by atomic mass is 9.81. The molecule has 5 rings (SSSR count). The van der Waals surface area contributed by atoms with E-state index in [1.54, 1.807) is 29.8 Å². The molecule has 2 aromatic carbocycles. The third-order valence-electron chi connectivity index (χ3n) is 8.25. The lowest BCUT2D eigenvalue weighted by Crippen LogP contribution is -2.30. The predicted molar refractivity (Wildman–Crippen MR) is 145 cm³/mol. The second-order valence-corrected chi connectivity index (χ2v) is 13.3. The first-order valence-corrected chi connectivity index (χ1v) is 15.5. The number of benzene rings is 2. The standard InChI is InChI=1S/C29H34F3N3O4S/c1-2-40(38,39)23-11-7-20(8-12-23)27(17-36)33-28(37)21-13-24(19-5-6-19)25-16-35(34-26(25)14-21)15-18-3-9-22(10-4-18)29(30,31)32/h7-8,11-14,16,18-19,22,27,36H,2-6,9-10,15,17H2,1H3,(H,33,37)/t18?,22?,27-/m0/s1. The summed E-state index contributed by atoms with van der Waals surface area (Å²) in [5, 5.41) is 18.5. The molecule has 1 heterocycles. The number of rotatable bonds is 9. The highest BCUT2D eigenvalue weighted by molar-refractivity contribution is 7.91. The van der Waals surface area contributed by atoms with Crippen molar-refractivity contribution in [3.63, 3.8) is 0 Å². The zero-order chi connectivity index (χ0) is 28.7. The predicted octanol–water partition coefficient (Wildman–Crippen LogP) is 5.54. The molecule has 2 N–H and O–H groups in total. The Balaban J connectivity index is 1.33. The summed E-state index contributed by atoms with van der Waals surface area (Å²) < 4.78 is 65.2. The van der Waals surface area contributed by atoms with Crippen LogP contribution in [0.3, 0.4) is 0 Å². The molecule has 1 aromatic heterocycles. The molecule has 0 saturated heterocycles. The van der Waals surface area contributed by atoms with Gasteiger partial charge in [0, 0.05) is 23.7 Å². The Hall–Kier alpha value is -2.92. The Morgan fingerprint density at radius 3 is 2.35 bits per heavy atom. The molecule has 0 spiro atoms. The monoisotopic (exact) mass is 577 g/mol. The second kappa shape index (κ2) is 11.2. The number of alkyl halides is 3. The smallest absolute Gasteiger partial charge is 0.391 e. The normalized spacial score (nSPS) is 20.9. The number of aliphatic hydroxyl groups excluding tert-OH is 1. The van der Waals surface area contributed by atoms with E-state index in [9.17, 15) is 31.5 Å². The number of amides is 1. The molecule has 40 heavy (non-hydrogen) atoms. The van der Waals surface area contributed by atoms with Crippen LogP contribution in [0.5, 0.6) is 0 Å². The molecule has 1 atom stereocenters. The van der Waals surface area contributed by atoms with Gasteiger partial charge in [0.2, 0.25) is 0 Å². The number of nitrogens with one attached hydrogen (secondary N) is 1. The van der Waals surface area contributed by atoms with Gasteiger partial charge >= 0.3 is 6.18 Å². The van der Waals surface area contributed by atoms with Crippen LogP contribution in [-0.2, 0) is 16.4 Å². The average molecular weight is 578 g/mol. The third kappa shape index (κ3) is 6.20. The van der Waals surface area contributed by atoms with E-state index >= 15 is 0 Å². The molecule has 0 unspecified atom stereocenters. The van der Waals surface area contributed by atoms with Gasteiger partial charge in [-0.3, -0.25) is 9.48 Å². The summed E-state index contributed by atoms with van der Waals surface area (Å²) in [7, 11) is -3.36. The van der Waals surface area contributed by atoms with Gasteiger partial charge < -0.3 is 10.4 Å². The van der Waals surface area contributed by atoms with Crippen LogP contribution < -0.4 is 5.32 Å². The minimum Gasteiger partial charge on any atom is -0.394 e. The number of aromatic nitrogens is 2. The largest absolute Gasteiger partial charge is 0.394 e. The van der Waals surface area contributed by atoms with Crippen molar-refractivity contribution in [1.82, 2.24) is 15.1 Å². The van der Waals surface area contributed by atoms with E-state index < -0.39 is 28.0 Å². The van der Waals surface area contributed by atoms with Crippen molar-refractivity contribution < 1.29 is 31.5 Å². The molecule has 2 aliphatic carbocycles. The van der Waals surface area contributed by atoms with Crippen molar-refractivity contribution in [1.29, 1.82) is 0 Å². The highest BCUT2D eigenvalue weighted by atomic mass is 32.2. The number of fused-ring (bicyclic) bond motifs is 1. The molecule has 3 aromatic rings. The Kier molecular flexibility index (Phi) is 7.98. The van der Waals surface area contributed by atoms with Gasteiger partial charge in [-0.2, -0.15) is 18.3 Å². The molecular weight excluding hydrogens is 543 g/mol. The summed E-state index contributed by atoms with van der Waals surface area (Å²) in [5.41, 5.74) is 2.69. The molecule has 2 aliphatic rings. The maximum Gasteiger partial charge on any atom is 0.391 e. The number of carbonyl (C=O) groups is 1. The van der Waals surface area contributed by atoms with Gasteiger partial charge in [0.15, 0.2) is 9.84 Å². The van der Waals surface area contributed by atoms with Gasteiger partial charge in [0.1, 0.15) is 0 Å². The summed E-state index contributed by atoms with van der Waals surface area (Å²) in [6, 6.07) is 8.97. The Morgan fingerprint density at radius 2 is 1.77 bits per heavy atom. The topological polar surface area (TPSA) is 101 Å². The lowest BCUT2D eigenvalue weighted by Gasteiger charge is -2.29. The van der Waals surface area contributed by atoms with E-state index in [0.29, 0.717) is 41.9 Å². The summed E-state index contributed by atoms with van der Waals surface area (Å²) in [5.74, 6) is -1.16. The Bertz CT molecular complexity index is 1470. The van der Waals surface area contributed by atoms with Crippen LogP contribution in [0.25, 0.3) is 10.9 Å². The van der Waals surface area contributed by atoms with Crippen LogP contribution in [0.2, 0.25) is 0 Å². The van der Waals surface area contributed by atoms with Crippen molar-refractivity contribution in [2.75, 3.05) is 12.4 Å². The number of halogens is 3. The molecular formula is C29H34F3N3O4S. The van der Waals surface area contributed by atoms with Crippen LogP contribution >= 0.6 is 0 Å². The molecule has 11 heteroatoms. The fraction of sp³-hybridized carbons (Fsp3) is 0.517. The van der Waals surface area contributed by atoms with Crippen LogP contribution in [0, 0.1) is 11.8 Å². The van der Waals surface area contributed by atoms with Gasteiger partial charge in [-0.15, -0.1) is 0 Å². The van der Waals surface area contributed by atoms with E-state index in [0.717, 1.165) is 23.8 Å². The van der Waals surface area contributed by atoms with Gasteiger partial charge in [-0.25, -0.2) is 8.42 Å². The molecule has 0 bridgehead atoms. The van der Waals surface area contributed by atoms with Crippen LogP contribution in [0.15, 0.2) is 47.5 Å². The van der Waals surface area contributed by atoms with E-state index in [1.165, 1.54) is 12.1 Å².